The number of urea groups is 1. The van der Waals surface area contributed by atoms with Crippen molar-refractivity contribution < 1.29 is 18.7 Å². The lowest BCUT2D eigenvalue weighted by Crippen LogP contribution is -2.35. The summed E-state index contributed by atoms with van der Waals surface area (Å²) in [6, 6.07) is 5.24. The maximum atomic E-state index is 13.9. The number of primary amides is 1. The van der Waals surface area contributed by atoms with Crippen LogP contribution < -0.4 is 15.8 Å². The fourth-order valence-electron chi connectivity index (χ4n) is 1.67. The summed E-state index contributed by atoms with van der Waals surface area (Å²) >= 11 is 4.71. The summed E-state index contributed by atoms with van der Waals surface area (Å²) in [5.41, 5.74) is 5.07. The number of carbonyl (C=O) groups excluding carboxylic acids is 2. The standard InChI is InChI=1S/C14H11FN4O3S/c1-7(11(20)19-14(16)21)8-4-2-3-5-9(8)22-12-10(15)13(23)18-6-17-12/h2-6H,1H2,(H,17,18,23)(H3,16,19,20,21). The first kappa shape index (κ1) is 16.3. The number of benzene rings is 1. The second kappa shape index (κ2) is 6.79. The van der Waals surface area contributed by atoms with E-state index in [2.05, 4.69) is 16.5 Å². The van der Waals surface area contributed by atoms with Crippen molar-refractivity contribution in [1.29, 1.82) is 0 Å². The number of hydrogen-bond donors (Lipinski definition) is 3. The molecule has 118 valence electrons. The van der Waals surface area contributed by atoms with E-state index in [1.165, 1.54) is 18.5 Å². The molecule has 0 spiro atoms. The van der Waals surface area contributed by atoms with Gasteiger partial charge in [-0.05, 0) is 6.07 Å². The summed E-state index contributed by atoms with van der Waals surface area (Å²) in [5, 5.41) is 1.89. The van der Waals surface area contributed by atoms with E-state index in [1.54, 1.807) is 12.1 Å². The van der Waals surface area contributed by atoms with E-state index in [-0.39, 0.29) is 27.4 Å². The van der Waals surface area contributed by atoms with E-state index >= 15 is 0 Å². The molecular formula is C14H11FN4O3S. The molecule has 0 radical (unpaired) electrons. The monoisotopic (exact) mass is 334 g/mol. The molecule has 2 aromatic rings. The molecule has 1 aromatic carbocycles. The van der Waals surface area contributed by atoms with Gasteiger partial charge in [0.05, 0.1) is 6.33 Å². The van der Waals surface area contributed by atoms with Gasteiger partial charge >= 0.3 is 6.03 Å². The highest BCUT2D eigenvalue weighted by atomic mass is 32.1. The molecule has 0 saturated carbocycles. The lowest BCUT2D eigenvalue weighted by Gasteiger charge is -2.12. The Morgan fingerprint density at radius 2 is 2.09 bits per heavy atom. The van der Waals surface area contributed by atoms with E-state index in [1.807, 2.05) is 5.32 Å². The van der Waals surface area contributed by atoms with Crippen molar-refractivity contribution in [3.8, 4) is 11.6 Å². The maximum Gasteiger partial charge on any atom is 0.319 e. The highest BCUT2D eigenvalue weighted by Crippen LogP contribution is 2.29. The molecule has 0 bridgehead atoms. The number of aromatic amines is 1. The minimum atomic E-state index is -1.01. The zero-order valence-electron chi connectivity index (χ0n) is 11.6. The van der Waals surface area contributed by atoms with Gasteiger partial charge in [0.2, 0.25) is 11.7 Å². The van der Waals surface area contributed by atoms with Gasteiger partial charge in [0.1, 0.15) is 5.75 Å². The van der Waals surface area contributed by atoms with Crippen molar-refractivity contribution >= 4 is 29.7 Å². The third kappa shape index (κ3) is 3.77. The van der Waals surface area contributed by atoms with Gasteiger partial charge in [-0.1, -0.05) is 37.0 Å². The second-order valence-corrected chi connectivity index (χ2v) is 4.63. The van der Waals surface area contributed by atoms with E-state index in [0.29, 0.717) is 0 Å². The summed E-state index contributed by atoms with van der Waals surface area (Å²) in [4.78, 5) is 28.6. The van der Waals surface area contributed by atoms with E-state index in [4.69, 9.17) is 22.7 Å². The molecule has 0 saturated heterocycles. The van der Waals surface area contributed by atoms with Crippen molar-refractivity contribution in [2.24, 2.45) is 5.73 Å². The average molecular weight is 334 g/mol. The van der Waals surface area contributed by atoms with Crippen LogP contribution in [-0.2, 0) is 4.79 Å². The molecule has 23 heavy (non-hydrogen) atoms. The van der Waals surface area contributed by atoms with Crippen LogP contribution in [0.3, 0.4) is 0 Å². The van der Waals surface area contributed by atoms with Gasteiger partial charge in [-0.3, -0.25) is 10.1 Å². The summed E-state index contributed by atoms with van der Waals surface area (Å²) in [6.45, 7) is 3.58. The van der Waals surface area contributed by atoms with Crippen LogP contribution in [0.5, 0.6) is 11.6 Å². The van der Waals surface area contributed by atoms with Crippen molar-refractivity contribution in [2.75, 3.05) is 0 Å². The van der Waals surface area contributed by atoms with Crippen molar-refractivity contribution in [1.82, 2.24) is 15.3 Å². The van der Waals surface area contributed by atoms with Gasteiger partial charge in [0.25, 0.3) is 5.91 Å². The van der Waals surface area contributed by atoms with Crippen LogP contribution in [-0.4, -0.2) is 21.9 Å². The SMILES string of the molecule is C=C(C(=O)NC(N)=O)c1ccccc1Oc1[nH]cnc(=S)c1F. The average Bonchev–Trinajstić information content (AvgIpc) is 2.51. The third-order valence-corrected chi connectivity index (χ3v) is 2.98. The van der Waals surface area contributed by atoms with E-state index in [9.17, 15) is 14.0 Å². The first-order valence-electron chi connectivity index (χ1n) is 6.20. The summed E-state index contributed by atoms with van der Waals surface area (Å²) < 4.78 is 19.0. The number of para-hydroxylation sites is 1. The number of nitrogens with one attached hydrogen (secondary N) is 2. The summed E-state index contributed by atoms with van der Waals surface area (Å²) in [6.07, 6.45) is 1.18. The Bertz CT molecular complexity index is 850. The molecule has 0 aliphatic carbocycles. The van der Waals surface area contributed by atoms with Crippen molar-refractivity contribution in [3.63, 3.8) is 0 Å². The Hall–Kier alpha value is -3.07. The number of halogens is 1. The van der Waals surface area contributed by atoms with E-state index < -0.39 is 17.8 Å². The largest absolute Gasteiger partial charge is 0.437 e. The van der Waals surface area contributed by atoms with Crippen LogP contribution >= 0.6 is 12.2 Å². The smallest absolute Gasteiger partial charge is 0.319 e. The Kier molecular flexibility index (Phi) is 4.82. The molecular weight excluding hydrogens is 323 g/mol. The first-order chi connectivity index (χ1) is 10.9. The lowest BCUT2D eigenvalue weighted by atomic mass is 10.1. The molecule has 2 rings (SSSR count). The van der Waals surface area contributed by atoms with Crippen LogP contribution in [0, 0.1) is 10.5 Å². The number of imide groups is 1. The number of H-pyrrole nitrogens is 1. The van der Waals surface area contributed by atoms with Gasteiger partial charge in [0, 0.05) is 11.1 Å². The van der Waals surface area contributed by atoms with Crippen LogP contribution in [0.2, 0.25) is 0 Å². The number of nitrogens with zero attached hydrogens (tertiary/aromatic N) is 1. The molecule has 1 aromatic heterocycles. The van der Waals surface area contributed by atoms with Gasteiger partial charge in [0.15, 0.2) is 4.64 Å². The minimum Gasteiger partial charge on any atom is -0.437 e. The number of carbonyl (C=O) groups is 2. The summed E-state index contributed by atoms with van der Waals surface area (Å²) in [5.74, 6) is -1.77. The molecule has 1 heterocycles. The molecule has 4 N–H and O–H groups in total. The zero-order valence-corrected chi connectivity index (χ0v) is 12.4. The number of amides is 3. The lowest BCUT2D eigenvalue weighted by molar-refractivity contribution is -0.114. The zero-order chi connectivity index (χ0) is 17.0. The number of rotatable bonds is 4. The van der Waals surface area contributed by atoms with Gasteiger partial charge in [-0.25, -0.2) is 9.78 Å². The minimum absolute atomic E-state index is 0.0764. The Labute approximate surface area is 135 Å². The van der Waals surface area contributed by atoms with Crippen LogP contribution in [0.4, 0.5) is 9.18 Å². The van der Waals surface area contributed by atoms with Gasteiger partial charge in [-0.15, -0.1) is 0 Å². The molecule has 0 aliphatic heterocycles. The highest BCUT2D eigenvalue weighted by Gasteiger charge is 2.17. The fourth-order valence-corrected chi connectivity index (χ4v) is 1.81. The first-order valence-corrected chi connectivity index (χ1v) is 6.61. The number of ether oxygens (including phenoxy) is 1. The molecule has 0 fully saturated rings. The van der Waals surface area contributed by atoms with Crippen LogP contribution in [0.15, 0.2) is 37.2 Å². The Morgan fingerprint density at radius 3 is 2.78 bits per heavy atom. The molecule has 0 aliphatic rings. The molecule has 0 unspecified atom stereocenters. The Balaban J connectivity index is 2.36. The Morgan fingerprint density at radius 1 is 1.39 bits per heavy atom. The van der Waals surface area contributed by atoms with Crippen molar-refractivity contribution in [2.45, 2.75) is 0 Å². The quantitative estimate of drug-likeness (QED) is 0.587. The molecule has 3 amide bonds. The van der Waals surface area contributed by atoms with Gasteiger partial charge < -0.3 is 15.5 Å². The molecule has 0 atom stereocenters. The number of aromatic nitrogens is 2. The van der Waals surface area contributed by atoms with Crippen LogP contribution in [0.1, 0.15) is 5.56 Å². The molecule has 9 heteroatoms. The fraction of sp³-hybridized carbons (Fsp3) is 0. The predicted molar refractivity (Wildman–Crippen MR) is 82.7 cm³/mol. The second-order valence-electron chi connectivity index (χ2n) is 4.25. The van der Waals surface area contributed by atoms with Crippen molar-refractivity contribution in [3.05, 3.63) is 53.2 Å². The molecule has 7 nitrogen and oxygen atoms in total. The number of nitrogens with two attached hydrogens (primary N) is 1. The topological polar surface area (TPSA) is 110 Å². The predicted octanol–water partition coefficient (Wildman–Crippen LogP) is 2.28. The van der Waals surface area contributed by atoms with Gasteiger partial charge in [-0.2, -0.15) is 4.39 Å². The van der Waals surface area contributed by atoms with Crippen LogP contribution in [0.25, 0.3) is 5.57 Å². The normalized spacial score (nSPS) is 9.96. The van der Waals surface area contributed by atoms with E-state index in [0.717, 1.165) is 0 Å². The summed E-state index contributed by atoms with van der Waals surface area (Å²) in [7, 11) is 0. The maximum absolute atomic E-state index is 13.9. The highest BCUT2D eigenvalue weighted by molar-refractivity contribution is 7.71. The third-order valence-electron chi connectivity index (χ3n) is 2.70. The number of hydrogen-bond acceptors (Lipinski definition) is 5.